The highest BCUT2D eigenvalue weighted by Crippen LogP contribution is 2.34. The van der Waals surface area contributed by atoms with E-state index in [1.807, 2.05) is 0 Å². The first-order chi connectivity index (χ1) is 13.3. The van der Waals surface area contributed by atoms with Gasteiger partial charge in [0.25, 0.3) is 17.7 Å². The normalized spacial score (nSPS) is 19.6. The Morgan fingerprint density at radius 3 is 1.54 bits per heavy atom. The number of ether oxygens (including phenoxy) is 1. The van der Waals surface area contributed by atoms with Crippen LogP contribution in [0.1, 0.15) is 13.8 Å². The minimum atomic E-state index is -1.62. The van der Waals surface area contributed by atoms with Crippen LogP contribution in [0.25, 0.3) is 0 Å². The van der Waals surface area contributed by atoms with E-state index in [1.54, 1.807) is 60.7 Å². The number of hydrazine groups is 1. The Morgan fingerprint density at radius 2 is 1.18 bits per heavy atom. The van der Waals surface area contributed by atoms with Crippen molar-refractivity contribution in [2.24, 2.45) is 0 Å². The molecule has 0 radical (unpaired) electrons. The van der Waals surface area contributed by atoms with Crippen LogP contribution in [-0.2, 0) is 19.1 Å². The quantitative estimate of drug-likeness (QED) is 0.763. The number of benzene rings is 2. The van der Waals surface area contributed by atoms with Crippen molar-refractivity contribution in [3.05, 3.63) is 60.7 Å². The number of carbonyl (C=O) groups excluding carboxylic acids is 4. The maximum absolute atomic E-state index is 13.3. The van der Waals surface area contributed by atoms with E-state index in [4.69, 9.17) is 4.74 Å². The third kappa shape index (κ3) is 2.53. The number of imide groups is 1. The molecule has 2 aliphatic heterocycles. The van der Waals surface area contributed by atoms with Crippen molar-refractivity contribution in [1.29, 1.82) is 0 Å². The Kier molecular flexibility index (Phi) is 3.92. The van der Waals surface area contributed by atoms with Gasteiger partial charge in [0.15, 0.2) is 5.60 Å². The maximum atomic E-state index is 13.3. The molecule has 2 saturated heterocycles. The lowest BCUT2D eigenvalue weighted by Crippen LogP contribution is -2.49. The summed E-state index contributed by atoms with van der Waals surface area (Å²) in [6.45, 7) is 2.84. The summed E-state index contributed by atoms with van der Waals surface area (Å²) in [5.74, 6) is -2.14. The summed E-state index contributed by atoms with van der Waals surface area (Å²) in [6, 6.07) is 15.5. The summed E-state index contributed by atoms with van der Waals surface area (Å²) in [5.41, 5.74) is -0.562. The van der Waals surface area contributed by atoms with Gasteiger partial charge in [-0.3, -0.25) is 14.4 Å². The number of para-hydroxylation sites is 2. The lowest BCUT2D eigenvalue weighted by molar-refractivity contribution is -0.141. The van der Waals surface area contributed by atoms with Crippen molar-refractivity contribution >= 4 is 35.2 Å². The van der Waals surface area contributed by atoms with Gasteiger partial charge in [0.05, 0.1) is 11.4 Å². The maximum Gasteiger partial charge on any atom is 0.418 e. The van der Waals surface area contributed by atoms with Crippen LogP contribution in [0.4, 0.5) is 16.2 Å². The van der Waals surface area contributed by atoms with Gasteiger partial charge in [-0.2, -0.15) is 0 Å². The summed E-state index contributed by atoms with van der Waals surface area (Å²) < 4.78 is 5.06. The lowest BCUT2D eigenvalue weighted by atomic mass is 10.1. The van der Waals surface area contributed by atoms with Gasteiger partial charge in [-0.05, 0) is 38.1 Å². The second-order valence-electron chi connectivity index (χ2n) is 6.93. The highest BCUT2D eigenvalue weighted by Gasteiger charge is 2.59. The van der Waals surface area contributed by atoms with E-state index in [0.29, 0.717) is 16.3 Å². The van der Waals surface area contributed by atoms with Crippen molar-refractivity contribution < 1.29 is 23.9 Å². The summed E-state index contributed by atoms with van der Waals surface area (Å²) in [7, 11) is 0. The fourth-order valence-electron chi connectivity index (χ4n) is 3.29. The number of hydrogen-bond donors (Lipinski definition) is 0. The molecule has 142 valence electrons. The highest BCUT2D eigenvalue weighted by atomic mass is 16.6. The molecule has 0 aromatic heterocycles. The zero-order valence-electron chi connectivity index (χ0n) is 15.2. The molecule has 4 rings (SSSR count). The summed E-state index contributed by atoms with van der Waals surface area (Å²) >= 11 is 0. The van der Waals surface area contributed by atoms with Gasteiger partial charge < -0.3 is 4.74 Å². The fourth-order valence-corrected chi connectivity index (χ4v) is 3.29. The molecular weight excluding hydrogens is 362 g/mol. The molecule has 0 unspecified atom stereocenters. The smallest absolute Gasteiger partial charge is 0.418 e. The first-order valence-corrected chi connectivity index (χ1v) is 8.67. The zero-order chi connectivity index (χ0) is 20.1. The van der Waals surface area contributed by atoms with E-state index in [-0.39, 0.29) is 0 Å². The molecule has 0 N–H and O–H groups in total. The van der Waals surface area contributed by atoms with E-state index >= 15 is 0 Å². The largest absolute Gasteiger partial charge is 0.433 e. The Hall–Kier alpha value is -3.68. The number of anilines is 2. The Bertz CT molecular complexity index is 916. The number of nitrogens with zero attached hydrogens (tertiary/aromatic N) is 3. The fraction of sp³-hybridized carbons (Fsp3) is 0.200. The monoisotopic (exact) mass is 379 g/mol. The standard InChI is InChI=1S/C20H17N3O5/c1-20(2)18(26)21(19(27)28-20)15-16(24)22(13-9-5-3-6-10-13)23(17(15)25)14-11-7-4-8-12-14/h3-12,15H,1-2H3. The third-order valence-corrected chi connectivity index (χ3v) is 4.62. The van der Waals surface area contributed by atoms with Gasteiger partial charge >= 0.3 is 6.09 Å². The molecule has 2 heterocycles. The third-order valence-electron chi connectivity index (χ3n) is 4.62. The van der Waals surface area contributed by atoms with Crippen LogP contribution in [0.3, 0.4) is 0 Å². The van der Waals surface area contributed by atoms with Gasteiger partial charge in [-0.15, -0.1) is 0 Å². The van der Waals surface area contributed by atoms with Crippen molar-refractivity contribution in [3.8, 4) is 0 Å². The Morgan fingerprint density at radius 1 is 0.750 bits per heavy atom. The van der Waals surface area contributed by atoms with E-state index in [9.17, 15) is 19.2 Å². The molecular formula is C20H17N3O5. The molecule has 2 aromatic rings. The SMILES string of the molecule is CC1(C)OC(=O)N(C2C(=O)N(c3ccccc3)N(c3ccccc3)C2=O)C1=O. The van der Waals surface area contributed by atoms with E-state index in [0.717, 1.165) is 0 Å². The van der Waals surface area contributed by atoms with Crippen LogP contribution in [0.5, 0.6) is 0 Å². The Labute approximate surface area is 160 Å². The number of cyclic esters (lactones) is 1. The summed E-state index contributed by atoms with van der Waals surface area (Å²) in [6.07, 6.45) is -1.01. The molecule has 0 spiro atoms. The van der Waals surface area contributed by atoms with Gasteiger partial charge in [-0.1, -0.05) is 36.4 Å². The average Bonchev–Trinajstić information content (AvgIpc) is 3.05. The van der Waals surface area contributed by atoms with Gasteiger partial charge in [0.1, 0.15) is 0 Å². The molecule has 28 heavy (non-hydrogen) atoms. The van der Waals surface area contributed by atoms with E-state index < -0.39 is 35.5 Å². The summed E-state index contributed by atoms with van der Waals surface area (Å²) in [4.78, 5) is 52.1. The number of amides is 4. The van der Waals surface area contributed by atoms with Crippen LogP contribution in [0.2, 0.25) is 0 Å². The highest BCUT2D eigenvalue weighted by molar-refractivity contribution is 6.28. The van der Waals surface area contributed by atoms with Gasteiger partial charge in [-0.25, -0.2) is 19.7 Å². The topological polar surface area (TPSA) is 87.2 Å². The first-order valence-electron chi connectivity index (χ1n) is 8.67. The van der Waals surface area contributed by atoms with Crippen molar-refractivity contribution in [1.82, 2.24) is 4.90 Å². The second-order valence-corrected chi connectivity index (χ2v) is 6.93. The van der Waals surface area contributed by atoms with Crippen LogP contribution >= 0.6 is 0 Å². The van der Waals surface area contributed by atoms with Gasteiger partial charge in [0, 0.05) is 0 Å². The molecule has 0 atom stereocenters. The molecule has 2 fully saturated rings. The zero-order valence-corrected chi connectivity index (χ0v) is 15.2. The molecule has 2 aromatic carbocycles. The number of carbonyl (C=O) groups is 4. The second kappa shape index (κ2) is 6.19. The van der Waals surface area contributed by atoms with Crippen LogP contribution in [0, 0.1) is 0 Å². The minimum absolute atomic E-state index is 0.437. The van der Waals surface area contributed by atoms with Crippen molar-refractivity contribution in [2.75, 3.05) is 10.0 Å². The molecule has 2 aliphatic rings. The first kappa shape index (κ1) is 17.7. The van der Waals surface area contributed by atoms with Crippen molar-refractivity contribution in [3.63, 3.8) is 0 Å². The molecule has 4 amide bonds. The summed E-state index contributed by atoms with van der Waals surface area (Å²) in [5, 5.41) is 2.35. The van der Waals surface area contributed by atoms with Crippen LogP contribution in [-0.4, -0.2) is 40.4 Å². The van der Waals surface area contributed by atoms with Crippen LogP contribution < -0.4 is 10.0 Å². The molecule has 0 aliphatic carbocycles. The van der Waals surface area contributed by atoms with E-state index in [2.05, 4.69) is 0 Å². The average molecular weight is 379 g/mol. The predicted molar refractivity (Wildman–Crippen MR) is 99.1 cm³/mol. The predicted octanol–water partition coefficient (Wildman–Crippen LogP) is 2.11. The minimum Gasteiger partial charge on any atom is -0.433 e. The lowest BCUT2D eigenvalue weighted by Gasteiger charge is -2.27. The number of rotatable bonds is 3. The van der Waals surface area contributed by atoms with Crippen molar-refractivity contribution in [2.45, 2.75) is 25.5 Å². The molecule has 8 nitrogen and oxygen atoms in total. The Balaban J connectivity index is 1.83. The molecule has 0 saturated carbocycles. The van der Waals surface area contributed by atoms with Gasteiger partial charge in [0.2, 0.25) is 6.04 Å². The number of hydrogen-bond acceptors (Lipinski definition) is 5. The molecule has 0 bridgehead atoms. The molecule has 8 heteroatoms. The van der Waals surface area contributed by atoms with E-state index in [1.165, 1.54) is 23.9 Å². The van der Waals surface area contributed by atoms with Crippen LogP contribution in [0.15, 0.2) is 60.7 Å².